The third kappa shape index (κ3) is 3.94. The average Bonchev–Trinajstić information content (AvgIpc) is 2.97. The smallest absolute Gasteiger partial charge is 0.234 e. The largest absolute Gasteiger partial charge is 0.396 e. The third-order valence-corrected chi connectivity index (χ3v) is 3.55. The molecule has 0 bridgehead atoms. The Morgan fingerprint density at radius 2 is 2.35 bits per heavy atom. The van der Waals surface area contributed by atoms with Crippen LogP contribution in [0, 0.1) is 5.92 Å². The number of likely N-dealkylation sites (tertiary alicyclic amines) is 1. The van der Waals surface area contributed by atoms with Crippen LogP contribution in [0.3, 0.4) is 0 Å². The molecule has 0 aromatic rings. The van der Waals surface area contributed by atoms with Crippen molar-refractivity contribution in [3.05, 3.63) is 0 Å². The number of hydrogen-bond acceptors (Lipinski definition) is 4. The van der Waals surface area contributed by atoms with Gasteiger partial charge in [0.2, 0.25) is 5.91 Å². The second-order valence-corrected chi connectivity index (χ2v) is 5.01. The highest BCUT2D eigenvalue weighted by Crippen LogP contribution is 2.14. The first-order valence-corrected chi connectivity index (χ1v) is 6.49. The highest BCUT2D eigenvalue weighted by atomic mass is 16.5. The molecule has 2 heterocycles. The normalized spacial score (nSPS) is 29.7. The topological polar surface area (TPSA) is 61.8 Å². The predicted molar refractivity (Wildman–Crippen MR) is 63.6 cm³/mol. The molecule has 2 unspecified atom stereocenters. The van der Waals surface area contributed by atoms with Gasteiger partial charge in [-0.05, 0) is 31.7 Å². The van der Waals surface area contributed by atoms with Crippen molar-refractivity contribution in [3.8, 4) is 0 Å². The first-order valence-electron chi connectivity index (χ1n) is 6.49. The third-order valence-electron chi connectivity index (χ3n) is 3.55. The van der Waals surface area contributed by atoms with Gasteiger partial charge in [-0.1, -0.05) is 0 Å². The molecule has 2 atom stereocenters. The number of hydrogen-bond donors (Lipinski definition) is 2. The van der Waals surface area contributed by atoms with E-state index in [0.29, 0.717) is 19.0 Å². The van der Waals surface area contributed by atoms with Gasteiger partial charge in [0.25, 0.3) is 0 Å². The Labute approximate surface area is 102 Å². The molecule has 17 heavy (non-hydrogen) atoms. The van der Waals surface area contributed by atoms with Crippen molar-refractivity contribution in [2.45, 2.75) is 25.4 Å². The zero-order valence-corrected chi connectivity index (χ0v) is 10.2. The quantitative estimate of drug-likeness (QED) is 0.688. The molecule has 2 fully saturated rings. The highest BCUT2D eigenvalue weighted by molar-refractivity contribution is 5.78. The molecule has 2 N–H and O–H groups in total. The summed E-state index contributed by atoms with van der Waals surface area (Å²) in [6, 6.07) is 0. The van der Waals surface area contributed by atoms with Crippen LogP contribution in [-0.4, -0.2) is 61.4 Å². The minimum absolute atomic E-state index is 0.0686. The number of rotatable bonds is 5. The zero-order chi connectivity index (χ0) is 12.1. The van der Waals surface area contributed by atoms with Gasteiger partial charge >= 0.3 is 0 Å². The molecule has 0 aliphatic carbocycles. The summed E-state index contributed by atoms with van der Waals surface area (Å²) < 4.78 is 5.45. The minimum Gasteiger partial charge on any atom is -0.396 e. The number of carbonyl (C=O) groups is 1. The van der Waals surface area contributed by atoms with Crippen molar-refractivity contribution in [2.75, 3.05) is 39.4 Å². The lowest BCUT2D eigenvalue weighted by Gasteiger charge is -2.16. The van der Waals surface area contributed by atoms with Crippen LogP contribution in [0.2, 0.25) is 0 Å². The van der Waals surface area contributed by atoms with Gasteiger partial charge in [0.05, 0.1) is 12.6 Å². The van der Waals surface area contributed by atoms with Gasteiger partial charge in [-0.25, -0.2) is 0 Å². The van der Waals surface area contributed by atoms with E-state index in [-0.39, 0.29) is 18.6 Å². The van der Waals surface area contributed by atoms with Crippen LogP contribution in [-0.2, 0) is 9.53 Å². The molecule has 2 saturated heterocycles. The number of aliphatic hydroxyl groups excluding tert-OH is 1. The molecule has 2 rings (SSSR count). The zero-order valence-electron chi connectivity index (χ0n) is 10.2. The Morgan fingerprint density at radius 1 is 1.47 bits per heavy atom. The summed E-state index contributed by atoms with van der Waals surface area (Å²) in [7, 11) is 0. The molecule has 0 saturated carbocycles. The second kappa shape index (κ2) is 6.33. The van der Waals surface area contributed by atoms with Crippen molar-refractivity contribution < 1.29 is 14.6 Å². The molecule has 5 nitrogen and oxygen atoms in total. The molecular weight excluding hydrogens is 220 g/mol. The summed E-state index contributed by atoms with van der Waals surface area (Å²) in [6.07, 6.45) is 3.36. The van der Waals surface area contributed by atoms with Crippen molar-refractivity contribution in [1.29, 1.82) is 0 Å². The number of aliphatic hydroxyl groups is 1. The Balaban J connectivity index is 1.60. The molecule has 0 spiro atoms. The van der Waals surface area contributed by atoms with Crippen LogP contribution >= 0.6 is 0 Å². The van der Waals surface area contributed by atoms with Gasteiger partial charge in [-0.15, -0.1) is 0 Å². The SMILES string of the molecule is O=C(CN1CCC(CO)C1)NCC1CCCO1. The number of nitrogens with one attached hydrogen (secondary N) is 1. The van der Waals surface area contributed by atoms with Crippen molar-refractivity contribution in [2.24, 2.45) is 5.92 Å². The molecule has 0 aromatic heterocycles. The molecule has 98 valence electrons. The average molecular weight is 242 g/mol. The Morgan fingerprint density at radius 3 is 3.00 bits per heavy atom. The van der Waals surface area contributed by atoms with Gasteiger partial charge in [0, 0.05) is 26.3 Å². The van der Waals surface area contributed by atoms with E-state index in [9.17, 15) is 4.79 Å². The number of nitrogens with zero attached hydrogens (tertiary/aromatic N) is 1. The summed E-state index contributed by atoms with van der Waals surface area (Å²) in [5.74, 6) is 0.417. The van der Waals surface area contributed by atoms with E-state index < -0.39 is 0 Å². The van der Waals surface area contributed by atoms with Gasteiger partial charge < -0.3 is 15.2 Å². The highest BCUT2D eigenvalue weighted by Gasteiger charge is 2.23. The summed E-state index contributed by atoms with van der Waals surface area (Å²) in [5, 5.41) is 11.9. The molecule has 5 heteroatoms. The molecule has 0 radical (unpaired) electrons. The van der Waals surface area contributed by atoms with Crippen LogP contribution in [0.15, 0.2) is 0 Å². The van der Waals surface area contributed by atoms with Crippen LogP contribution < -0.4 is 5.32 Å². The van der Waals surface area contributed by atoms with E-state index in [1.54, 1.807) is 0 Å². The van der Waals surface area contributed by atoms with E-state index in [1.807, 2.05) is 0 Å². The van der Waals surface area contributed by atoms with E-state index in [2.05, 4.69) is 10.2 Å². The fraction of sp³-hybridized carbons (Fsp3) is 0.917. The number of ether oxygens (including phenoxy) is 1. The molecular formula is C12H22N2O3. The van der Waals surface area contributed by atoms with Crippen LogP contribution in [0.5, 0.6) is 0 Å². The standard InChI is InChI=1S/C12H22N2O3/c15-9-10-3-4-14(7-10)8-12(16)13-6-11-2-1-5-17-11/h10-11,15H,1-9H2,(H,13,16). The minimum atomic E-state index is 0.0686. The van der Waals surface area contributed by atoms with E-state index in [0.717, 1.165) is 39.0 Å². The summed E-state index contributed by atoms with van der Waals surface area (Å²) in [6.45, 7) is 3.89. The molecule has 0 aromatic carbocycles. The maximum atomic E-state index is 11.7. The predicted octanol–water partition coefficient (Wildman–Crippen LogP) is -0.404. The van der Waals surface area contributed by atoms with Crippen molar-refractivity contribution in [3.63, 3.8) is 0 Å². The van der Waals surface area contributed by atoms with Gasteiger partial charge in [-0.3, -0.25) is 9.69 Å². The summed E-state index contributed by atoms with van der Waals surface area (Å²) >= 11 is 0. The van der Waals surface area contributed by atoms with E-state index >= 15 is 0 Å². The first kappa shape index (κ1) is 12.8. The monoisotopic (exact) mass is 242 g/mol. The lowest BCUT2D eigenvalue weighted by atomic mass is 10.1. The van der Waals surface area contributed by atoms with E-state index in [4.69, 9.17) is 9.84 Å². The van der Waals surface area contributed by atoms with Gasteiger partial charge in [0.15, 0.2) is 0 Å². The maximum Gasteiger partial charge on any atom is 0.234 e. The lowest BCUT2D eigenvalue weighted by molar-refractivity contribution is -0.122. The van der Waals surface area contributed by atoms with Crippen molar-refractivity contribution in [1.82, 2.24) is 10.2 Å². The van der Waals surface area contributed by atoms with Crippen LogP contribution in [0.25, 0.3) is 0 Å². The number of carbonyl (C=O) groups excluding carboxylic acids is 1. The summed E-state index contributed by atoms with van der Waals surface area (Å²) in [4.78, 5) is 13.8. The van der Waals surface area contributed by atoms with Crippen LogP contribution in [0.4, 0.5) is 0 Å². The molecule has 1 amide bonds. The van der Waals surface area contributed by atoms with Crippen molar-refractivity contribution >= 4 is 5.91 Å². The second-order valence-electron chi connectivity index (χ2n) is 5.01. The van der Waals surface area contributed by atoms with E-state index in [1.165, 1.54) is 0 Å². The van der Waals surface area contributed by atoms with Gasteiger partial charge in [-0.2, -0.15) is 0 Å². The fourth-order valence-corrected chi connectivity index (χ4v) is 2.50. The number of amides is 1. The summed E-state index contributed by atoms with van der Waals surface area (Å²) in [5.41, 5.74) is 0. The Hall–Kier alpha value is -0.650. The van der Waals surface area contributed by atoms with Crippen LogP contribution in [0.1, 0.15) is 19.3 Å². The van der Waals surface area contributed by atoms with Gasteiger partial charge in [0.1, 0.15) is 0 Å². The maximum absolute atomic E-state index is 11.7. The first-order chi connectivity index (χ1) is 8.28. The molecule has 2 aliphatic rings. The Bertz CT molecular complexity index is 254. The Kier molecular flexibility index (Phi) is 4.76. The lowest BCUT2D eigenvalue weighted by Crippen LogP contribution is -2.39. The molecule has 2 aliphatic heterocycles. The fourth-order valence-electron chi connectivity index (χ4n) is 2.50.